The molecule has 1 fully saturated rings. The van der Waals surface area contributed by atoms with Crippen molar-refractivity contribution in [3.05, 3.63) is 58.6 Å². The van der Waals surface area contributed by atoms with Crippen LogP contribution in [0.2, 0.25) is 5.02 Å². The van der Waals surface area contributed by atoms with Gasteiger partial charge in [-0.15, -0.1) is 0 Å². The third-order valence-corrected chi connectivity index (χ3v) is 4.71. The topological polar surface area (TPSA) is 61.4 Å². The SMILES string of the molecule is O=C1NCc2cccc(N[C@H]3CCN(c4cccc(Cl)c4)C3=O)c21. The average Bonchev–Trinajstić information content (AvgIpc) is 3.12. The molecule has 2 heterocycles. The molecule has 5 nitrogen and oxygen atoms in total. The number of benzene rings is 2. The summed E-state index contributed by atoms with van der Waals surface area (Å²) in [5.41, 5.74) is 3.12. The molecule has 0 spiro atoms. The van der Waals surface area contributed by atoms with E-state index in [1.165, 1.54) is 0 Å². The first-order valence-corrected chi connectivity index (χ1v) is 8.25. The van der Waals surface area contributed by atoms with Crippen molar-refractivity contribution in [2.75, 3.05) is 16.8 Å². The summed E-state index contributed by atoms with van der Waals surface area (Å²) >= 11 is 6.02. The van der Waals surface area contributed by atoms with Crippen LogP contribution in [-0.2, 0) is 11.3 Å². The van der Waals surface area contributed by atoms with Gasteiger partial charge in [0.15, 0.2) is 0 Å². The molecule has 0 unspecified atom stereocenters. The Morgan fingerprint density at radius 3 is 2.83 bits per heavy atom. The van der Waals surface area contributed by atoms with Gasteiger partial charge in [-0.05, 0) is 36.2 Å². The summed E-state index contributed by atoms with van der Waals surface area (Å²) in [5, 5.41) is 6.67. The van der Waals surface area contributed by atoms with Gasteiger partial charge in [-0.3, -0.25) is 9.59 Å². The highest BCUT2D eigenvalue weighted by molar-refractivity contribution is 6.31. The first kappa shape index (κ1) is 15.0. The van der Waals surface area contributed by atoms with Gasteiger partial charge in [0.2, 0.25) is 5.91 Å². The fourth-order valence-electron chi connectivity index (χ4n) is 3.30. The van der Waals surface area contributed by atoms with Crippen LogP contribution in [0, 0.1) is 0 Å². The zero-order chi connectivity index (χ0) is 16.7. The van der Waals surface area contributed by atoms with E-state index < -0.39 is 0 Å². The molecule has 2 aliphatic rings. The number of nitrogens with zero attached hydrogens (tertiary/aromatic N) is 1. The van der Waals surface area contributed by atoms with Crippen molar-refractivity contribution < 1.29 is 9.59 Å². The molecular formula is C18H16ClN3O2. The van der Waals surface area contributed by atoms with Crippen molar-refractivity contribution in [3.63, 3.8) is 0 Å². The van der Waals surface area contributed by atoms with E-state index in [2.05, 4.69) is 10.6 Å². The second-order valence-corrected chi connectivity index (χ2v) is 6.41. The molecule has 0 saturated carbocycles. The van der Waals surface area contributed by atoms with E-state index in [0.29, 0.717) is 35.8 Å². The maximum Gasteiger partial charge on any atom is 0.253 e. The van der Waals surface area contributed by atoms with Crippen LogP contribution in [0.15, 0.2) is 42.5 Å². The van der Waals surface area contributed by atoms with Gasteiger partial charge < -0.3 is 15.5 Å². The number of nitrogens with one attached hydrogen (secondary N) is 2. The minimum absolute atomic E-state index is 0.00623. The van der Waals surface area contributed by atoms with Crippen molar-refractivity contribution >= 4 is 34.8 Å². The number of hydrogen-bond donors (Lipinski definition) is 2. The van der Waals surface area contributed by atoms with Gasteiger partial charge in [-0.1, -0.05) is 29.8 Å². The monoisotopic (exact) mass is 341 g/mol. The number of anilines is 2. The Morgan fingerprint density at radius 2 is 2.00 bits per heavy atom. The molecule has 0 aromatic heterocycles. The average molecular weight is 342 g/mol. The van der Waals surface area contributed by atoms with E-state index in [4.69, 9.17) is 11.6 Å². The van der Waals surface area contributed by atoms with Crippen LogP contribution < -0.4 is 15.5 Å². The number of rotatable bonds is 3. The smallest absolute Gasteiger partial charge is 0.253 e. The molecule has 0 bridgehead atoms. The lowest BCUT2D eigenvalue weighted by molar-refractivity contribution is -0.117. The van der Waals surface area contributed by atoms with Crippen molar-refractivity contribution in [1.29, 1.82) is 0 Å². The quantitative estimate of drug-likeness (QED) is 0.902. The van der Waals surface area contributed by atoms with Crippen molar-refractivity contribution in [2.24, 2.45) is 0 Å². The summed E-state index contributed by atoms with van der Waals surface area (Å²) in [6.07, 6.45) is 0.677. The molecule has 122 valence electrons. The van der Waals surface area contributed by atoms with Crippen LogP contribution in [0.25, 0.3) is 0 Å². The van der Waals surface area contributed by atoms with Crippen LogP contribution in [0.5, 0.6) is 0 Å². The van der Waals surface area contributed by atoms with Crippen LogP contribution in [0.3, 0.4) is 0 Å². The van der Waals surface area contributed by atoms with Gasteiger partial charge in [0.05, 0.1) is 5.56 Å². The summed E-state index contributed by atoms with van der Waals surface area (Å²) in [6, 6.07) is 12.6. The predicted octanol–water partition coefficient (Wildman–Crippen LogP) is 2.80. The summed E-state index contributed by atoms with van der Waals surface area (Å²) < 4.78 is 0. The predicted molar refractivity (Wildman–Crippen MR) is 93.4 cm³/mol. The molecule has 1 saturated heterocycles. The van der Waals surface area contributed by atoms with Crippen molar-refractivity contribution in [2.45, 2.75) is 19.0 Å². The highest BCUT2D eigenvalue weighted by Gasteiger charge is 2.34. The Balaban J connectivity index is 1.56. The van der Waals surface area contributed by atoms with E-state index in [9.17, 15) is 9.59 Å². The number of carbonyl (C=O) groups excluding carboxylic acids is 2. The third-order valence-electron chi connectivity index (χ3n) is 4.47. The Hall–Kier alpha value is -2.53. The molecule has 0 aliphatic carbocycles. The first-order chi connectivity index (χ1) is 11.6. The third kappa shape index (κ3) is 2.51. The number of hydrogen-bond acceptors (Lipinski definition) is 3. The zero-order valence-corrected chi connectivity index (χ0v) is 13.6. The molecule has 2 amide bonds. The molecular weight excluding hydrogens is 326 g/mol. The van der Waals surface area contributed by atoms with Gasteiger partial charge in [0.1, 0.15) is 6.04 Å². The molecule has 2 aromatic carbocycles. The number of halogens is 1. The summed E-state index contributed by atoms with van der Waals surface area (Å²) in [6.45, 7) is 1.16. The fourth-order valence-corrected chi connectivity index (χ4v) is 3.49. The molecule has 4 rings (SSSR count). The minimum atomic E-state index is -0.344. The zero-order valence-electron chi connectivity index (χ0n) is 12.9. The van der Waals surface area contributed by atoms with E-state index in [0.717, 1.165) is 11.3 Å². The van der Waals surface area contributed by atoms with Gasteiger partial charge in [-0.2, -0.15) is 0 Å². The molecule has 6 heteroatoms. The first-order valence-electron chi connectivity index (χ1n) is 7.87. The number of amides is 2. The lowest BCUT2D eigenvalue weighted by Crippen LogP contribution is -2.33. The summed E-state index contributed by atoms with van der Waals surface area (Å²) in [7, 11) is 0. The highest BCUT2D eigenvalue weighted by Crippen LogP contribution is 2.29. The van der Waals surface area contributed by atoms with Gasteiger partial charge in [-0.25, -0.2) is 0 Å². The van der Waals surface area contributed by atoms with Crippen molar-refractivity contribution in [3.8, 4) is 0 Å². The maximum absolute atomic E-state index is 12.7. The fraction of sp³-hybridized carbons (Fsp3) is 0.222. The Labute approximate surface area is 144 Å². The van der Waals surface area contributed by atoms with E-state index in [1.54, 1.807) is 17.0 Å². The highest BCUT2D eigenvalue weighted by atomic mass is 35.5. The van der Waals surface area contributed by atoms with Crippen molar-refractivity contribution in [1.82, 2.24) is 5.32 Å². The largest absolute Gasteiger partial charge is 0.373 e. The van der Waals surface area contributed by atoms with Crippen LogP contribution in [-0.4, -0.2) is 24.4 Å². The Bertz CT molecular complexity index is 837. The lowest BCUT2D eigenvalue weighted by Gasteiger charge is -2.18. The van der Waals surface area contributed by atoms with Gasteiger partial charge in [0, 0.05) is 29.5 Å². The summed E-state index contributed by atoms with van der Waals surface area (Å²) in [5.74, 6) is -0.0986. The van der Waals surface area contributed by atoms with Gasteiger partial charge in [0.25, 0.3) is 5.91 Å². The maximum atomic E-state index is 12.7. The van der Waals surface area contributed by atoms with E-state index in [1.807, 2.05) is 30.3 Å². The molecule has 2 N–H and O–H groups in total. The lowest BCUT2D eigenvalue weighted by atomic mass is 10.1. The Morgan fingerprint density at radius 1 is 1.17 bits per heavy atom. The minimum Gasteiger partial charge on any atom is -0.373 e. The second kappa shape index (κ2) is 5.83. The Kier molecular flexibility index (Phi) is 3.65. The van der Waals surface area contributed by atoms with E-state index in [-0.39, 0.29) is 17.9 Å². The normalized spacial score (nSPS) is 19.4. The standard InChI is InChI=1S/C18H16ClN3O2/c19-12-4-2-5-13(9-12)22-8-7-15(18(22)24)21-14-6-1-3-11-10-20-17(23)16(11)14/h1-6,9,15,21H,7-8,10H2,(H,20,23)/t15-/m0/s1. The molecule has 24 heavy (non-hydrogen) atoms. The van der Waals surface area contributed by atoms with Crippen LogP contribution >= 0.6 is 11.6 Å². The van der Waals surface area contributed by atoms with E-state index >= 15 is 0 Å². The molecule has 2 aromatic rings. The van der Waals surface area contributed by atoms with Gasteiger partial charge >= 0.3 is 0 Å². The number of carbonyl (C=O) groups is 2. The van der Waals surface area contributed by atoms with Crippen LogP contribution in [0.4, 0.5) is 11.4 Å². The summed E-state index contributed by atoms with van der Waals surface area (Å²) in [4.78, 5) is 26.5. The number of fused-ring (bicyclic) bond motifs is 1. The molecule has 0 radical (unpaired) electrons. The molecule has 1 atom stereocenters. The second-order valence-electron chi connectivity index (χ2n) is 5.98. The van der Waals surface area contributed by atoms with Crippen LogP contribution in [0.1, 0.15) is 22.3 Å². The molecule has 2 aliphatic heterocycles.